The van der Waals surface area contributed by atoms with Crippen molar-refractivity contribution in [2.24, 2.45) is 0 Å². The number of carbonyl (C=O) groups excluding carboxylic acids is 1. The van der Waals surface area contributed by atoms with Gasteiger partial charge >= 0.3 is 0 Å². The van der Waals surface area contributed by atoms with Crippen LogP contribution in [0.2, 0.25) is 0 Å². The summed E-state index contributed by atoms with van der Waals surface area (Å²) >= 11 is 3.48. The number of amides is 1. The largest absolute Gasteiger partial charge is 0.313 e. The van der Waals surface area contributed by atoms with Crippen molar-refractivity contribution in [2.75, 3.05) is 18.0 Å². The Morgan fingerprint density at radius 3 is 3.17 bits per heavy atom. The van der Waals surface area contributed by atoms with Crippen molar-refractivity contribution >= 4 is 27.5 Å². The van der Waals surface area contributed by atoms with Crippen LogP contribution in [0.1, 0.15) is 24.8 Å². The zero-order valence-corrected chi connectivity index (χ0v) is 11.9. The molecule has 0 aromatic heterocycles. The maximum absolute atomic E-state index is 12.3. The highest BCUT2D eigenvalue weighted by molar-refractivity contribution is 9.10. The van der Waals surface area contributed by atoms with Crippen LogP contribution in [0.5, 0.6) is 0 Å². The number of nitrogens with zero attached hydrogens (tertiary/aromatic N) is 1. The molecule has 1 N–H and O–H groups in total. The van der Waals surface area contributed by atoms with Crippen LogP contribution in [-0.2, 0) is 11.2 Å². The molecule has 0 spiro atoms. The molecule has 1 aromatic rings. The molecule has 4 heteroatoms. The Morgan fingerprint density at radius 1 is 1.50 bits per heavy atom. The lowest BCUT2D eigenvalue weighted by Crippen LogP contribution is -2.34. The fourth-order valence-corrected chi connectivity index (χ4v) is 3.21. The van der Waals surface area contributed by atoms with E-state index in [0.717, 1.165) is 36.1 Å². The number of carbonyl (C=O) groups is 1. The van der Waals surface area contributed by atoms with Crippen LogP contribution in [0.15, 0.2) is 22.7 Å². The third kappa shape index (κ3) is 2.31. The molecular formula is C14H17BrN2O. The van der Waals surface area contributed by atoms with Crippen molar-refractivity contribution in [1.82, 2.24) is 5.32 Å². The molecule has 0 aliphatic carbocycles. The zero-order chi connectivity index (χ0) is 12.5. The van der Waals surface area contributed by atoms with Gasteiger partial charge in [-0.3, -0.25) is 4.79 Å². The van der Waals surface area contributed by atoms with Gasteiger partial charge in [-0.2, -0.15) is 0 Å². The molecule has 2 aliphatic rings. The van der Waals surface area contributed by atoms with Crippen molar-refractivity contribution < 1.29 is 4.79 Å². The van der Waals surface area contributed by atoms with Crippen LogP contribution in [-0.4, -0.2) is 25.0 Å². The van der Waals surface area contributed by atoms with Gasteiger partial charge in [-0.1, -0.05) is 22.0 Å². The van der Waals surface area contributed by atoms with Crippen molar-refractivity contribution in [2.45, 2.75) is 31.7 Å². The third-order valence-corrected chi connectivity index (χ3v) is 4.32. The highest BCUT2D eigenvalue weighted by atomic mass is 79.9. The number of nitrogens with one attached hydrogen (secondary N) is 1. The molecule has 1 aromatic carbocycles. The van der Waals surface area contributed by atoms with Gasteiger partial charge in [0.15, 0.2) is 0 Å². The van der Waals surface area contributed by atoms with Gasteiger partial charge in [0, 0.05) is 29.2 Å². The van der Waals surface area contributed by atoms with Crippen LogP contribution in [0, 0.1) is 0 Å². The maximum Gasteiger partial charge on any atom is 0.228 e. The van der Waals surface area contributed by atoms with Gasteiger partial charge in [0.05, 0.1) is 0 Å². The molecule has 2 aliphatic heterocycles. The molecule has 2 heterocycles. The Labute approximate surface area is 116 Å². The van der Waals surface area contributed by atoms with E-state index in [1.165, 1.54) is 12.0 Å². The summed E-state index contributed by atoms with van der Waals surface area (Å²) in [6.07, 6.45) is 3.93. The third-order valence-electron chi connectivity index (χ3n) is 3.83. The number of benzene rings is 1. The first-order valence-corrected chi connectivity index (χ1v) is 7.35. The average molecular weight is 309 g/mol. The van der Waals surface area contributed by atoms with E-state index in [-0.39, 0.29) is 5.91 Å². The van der Waals surface area contributed by atoms with Crippen molar-refractivity contribution in [3.05, 3.63) is 28.2 Å². The first kappa shape index (κ1) is 12.2. The lowest BCUT2D eigenvalue weighted by atomic mass is 10.1. The van der Waals surface area contributed by atoms with Crippen molar-refractivity contribution in [3.8, 4) is 0 Å². The van der Waals surface area contributed by atoms with E-state index in [1.54, 1.807) is 0 Å². The molecule has 3 nitrogen and oxygen atoms in total. The summed E-state index contributed by atoms with van der Waals surface area (Å²) in [4.78, 5) is 14.3. The molecule has 1 unspecified atom stereocenters. The second-order valence-corrected chi connectivity index (χ2v) is 5.98. The second-order valence-electron chi connectivity index (χ2n) is 5.07. The van der Waals surface area contributed by atoms with E-state index in [2.05, 4.69) is 33.4 Å². The van der Waals surface area contributed by atoms with Crippen LogP contribution >= 0.6 is 15.9 Å². The summed E-state index contributed by atoms with van der Waals surface area (Å²) in [6.45, 7) is 1.89. The molecule has 0 saturated carbocycles. The standard InChI is InChI=1S/C14H17BrN2O/c15-11-4-3-10-5-7-17(13(10)8-11)14(18)9-12-2-1-6-16-12/h3-4,8,12,16H,1-2,5-7,9H2. The Hall–Kier alpha value is -0.870. The van der Waals surface area contributed by atoms with Crippen LogP contribution in [0.4, 0.5) is 5.69 Å². The van der Waals surface area contributed by atoms with E-state index in [1.807, 2.05) is 11.0 Å². The average Bonchev–Trinajstić information content (AvgIpc) is 2.97. The van der Waals surface area contributed by atoms with Crippen molar-refractivity contribution in [3.63, 3.8) is 0 Å². The first-order chi connectivity index (χ1) is 8.74. The van der Waals surface area contributed by atoms with E-state index in [0.29, 0.717) is 12.5 Å². The molecule has 18 heavy (non-hydrogen) atoms. The molecule has 3 rings (SSSR count). The van der Waals surface area contributed by atoms with Gasteiger partial charge in [-0.15, -0.1) is 0 Å². The summed E-state index contributed by atoms with van der Waals surface area (Å²) in [7, 11) is 0. The molecule has 0 bridgehead atoms. The highest BCUT2D eigenvalue weighted by Gasteiger charge is 2.27. The summed E-state index contributed by atoms with van der Waals surface area (Å²) in [5, 5.41) is 3.39. The SMILES string of the molecule is O=C(CC1CCCN1)N1CCc2ccc(Br)cc21. The summed E-state index contributed by atoms with van der Waals surface area (Å²) < 4.78 is 1.04. The van der Waals surface area contributed by atoms with E-state index in [4.69, 9.17) is 0 Å². The molecule has 1 atom stereocenters. The molecule has 96 valence electrons. The molecule has 1 saturated heterocycles. The van der Waals surface area contributed by atoms with Crippen LogP contribution in [0.3, 0.4) is 0 Å². The van der Waals surface area contributed by atoms with Gasteiger partial charge in [-0.25, -0.2) is 0 Å². The first-order valence-electron chi connectivity index (χ1n) is 6.56. The zero-order valence-electron chi connectivity index (χ0n) is 10.3. The monoisotopic (exact) mass is 308 g/mol. The number of rotatable bonds is 2. The predicted molar refractivity (Wildman–Crippen MR) is 75.8 cm³/mol. The lowest BCUT2D eigenvalue weighted by molar-refractivity contribution is -0.118. The van der Waals surface area contributed by atoms with E-state index < -0.39 is 0 Å². The highest BCUT2D eigenvalue weighted by Crippen LogP contribution is 2.31. The normalized spacial score (nSPS) is 22.3. The van der Waals surface area contributed by atoms with Gasteiger partial charge in [-0.05, 0) is 43.5 Å². The predicted octanol–water partition coefficient (Wildman–Crippen LogP) is 2.48. The Morgan fingerprint density at radius 2 is 2.39 bits per heavy atom. The summed E-state index contributed by atoms with van der Waals surface area (Å²) in [6, 6.07) is 6.60. The van der Waals surface area contributed by atoms with E-state index in [9.17, 15) is 4.79 Å². The topological polar surface area (TPSA) is 32.3 Å². The van der Waals surface area contributed by atoms with Gasteiger partial charge in [0.1, 0.15) is 0 Å². The quantitative estimate of drug-likeness (QED) is 0.910. The second kappa shape index (κ2) is 5.02. The summed E-state index contributed by atoms with van der Waals surface area (Å²) in [5.41, 5.74) is 2.37. The molecule has 1 fully saturated rings. The number of fused-ring (bicyclic) bond motifs is 1. The number of hydrogen-bond donors (Lipinski definition) is 1. The Bertz CT molecular complexity index is 469. The minimum atomic E-state index is 0.256. The number of hydrogen-bond acceptors (Lipinski definition) is 2. The van der Waals surface area contributed by atoms with Gasteiger partial charge < -0.3 is 10.2 Å². The molecule has 0 radical (unpaired) electrons. The number of anilines is 1. The van der Waals surface area contributed by atoms with Gasteiger partial charge in [0.25, 0.3) is 0 Å². The van der Waals surface area contributed by atoms with Gasteiger partial charge in [0.2, 0.25) is 5.91 Å². The molecule has 1 amide bonds. The fraction of sp³-hybridized carbons (Fsp3) is 0.500. The Kier molecular flexibility index (Phi) is 3.39. The fourth-order valence-electron chi connectivity index (χ4n) is 2.86. The van der Waals surface area contributed by atoms with Crippen LogP contribution in [0.25, 0.3) is 0 Å². The van der Waals surface area contributed by atoms with Crippen LogP contribution < -0.4 is 10.2 Å². The number of halogens is 1. The Balaban J connectivity index is 1.74. The molecular weight excluding hydrogens is 292 g/mol. The summed E-state index contributed by atoms with van der Waals surface area (Å²) in [5.74, 6) is 0.256. The maximum atomic E-state index is 12.3. The lowest BCUT2D eigenvalue weighted by Gasteiger charge is -2.19. The minimum Gasteiger partial charge on any atom is -0.313 e. The minimum absolute atomic E-state index is 0.256. The van der Waals surface area contributed by atoms with E-state index >= 15 is 0 Å². The van der Waals surface area contributed by atoms with Crippen molar-refractivity contribution in [1.29, 1.82) is 0 Å². The smallest absolute Gasteiger partial charge is 0.228 e.